The van der Waals surface area contributed by atoms with Gasteiger partial charge in [-0.3, -0.25) is 5.32 Å². The largest absolute Gasteiger partial charge is 0.507 e. The van der Waals surface area contributed by atoms with Crippen LogP contribution in [0.2, 0.25) is 0 Å². The van der Waals surface area contributed by atoms with Crippen molar-refractivity contribution < 1.29 is 9.90 Å². The van der Waals surface area contributed by atoms with E-state index in [1.807, 2.05) is 37.3 Å². The number of carbonyl (C=O) groups excluding carboxylic acids is 1. The minimum Gasteiger partial charge on any atom is -0.507 e. The molecule has 1 aromatic heterocycles. The van der Waals surface area contributed by atoms with E-state index < -0.39 is 0 Å². The number of aromatic nitrogens is 2. The van der Waals surface area contributed by atoms with Crippen molar-refractivity contribution in [1.29, 1.82) is 0 Å². The molecule has 0 aliphatic heterocycles. The number of benzene rings is 2. The lowest BCUT2D eigenvalue weighted by Gasteiger charge is -2.03. The van der Waals surface area contributed by atoms with E-state index in [1.54, 1.807) is 12.1 Å². The summed E-state index contributed by atoms with van der Waals surface area (Å²) in [7, 11) is 0. The van der Waals surface area contributed by atoms with Crippen LogP contribution in [0.25, 0.3) is 22.2 Å². The molecule has 0 aliphatic rings. The van der Waals surface area contributed by atoms with Gasteiger partial charge in [-0.1, -0.05) is 24.3 Å². The number of phenolic OH excluding ortho intramolecular Hbond substituents is 1. The Hall–Kier alpha value is -3.02. The lowest BCUT2D eigenvalue weighted by Crippen LogP contribution is -2.28. The molecule has 0 spiro atoms. The van der Waals surface area contributed by atoms with Gasteiger partial charge in [0.1, 0.15) is 5.75 Å². The highest BCUT2D eigenvalue weighted by molar-refractivity contribution is 5.91. The highest BCUT2D eigenvalue weighted by Crippen LogP contribution is 2.30. The summed E-state index contributed by atoms with van der Waals surface area (Å²) in [4.78, 5) is 18.9. The molecule has 0 unspecified atom stereocenters. The number of aromatic hydroxyl groups is 1. The molecular formula is C16H16N4O2. The number of phenols is 1. The lowest BCUT2D eigenvalue weighted by atomic mass is 10.0. The second kappa shape index (κ2) is 5.77. The number of anilines is 1. The number of H-pyrrole nitrogens is 1. The molecule has 0 radical (unpaired) electrons. The third-order valence-corrected chi connectivity index (χ3v) is 3.27. The molecule has 0 saturated heterocycles. The molecule has 0 saturated carbocycles. The predicted molar refractivity (Wildman–Crippen MR) is 85.9 cm³/mol. The molecule has 0 bridgehead atoms. The SMILES string of the molecule is CCNC(=O)Nc1nc2cc(-c3ccccc3O)ccc2[nH]1. The molecule has 0 fully saturated rings. The van der Waals surface area contributed by atoms with Gasteiger partial charge in [-0.15, -0.1) is 0 Å². The van der Waals surface area contributed by atoms with Gasteiger partial charge in [0.25, 0.3) is 0 Å². The van der Waals surface area contributed by atoms with Gasteiger partial charge < -0.3 is 15.4 Å². The number of aromatic amines is 1. The molecule has 3 aromatic rings. The van der Waals surface area contributed by atoms with Crippen LogP contribution < -0.4 is 10.6 Å². The molecule has 2 aromatic carbocycles. The van der Waals surface area contributed by atoms with E-state index in [9.17, 15) is 9.90 Å². The third kappa shape index (κ3) is 2.71. The fraction of sp³-hybridized carbons (Fsp3) is 0.125. The molecule has 0 aliphatic carbocycles. The number of fused-ring (bicyclic) bond motifs is 1. The molecule has 0 atom stereocenters. The standard InChI is InChI=1S/C16H16N4O2/c1-2-17-16(22)20-15-18-12-8-7-10(9-13(12)19-15)11-5-3-4-6-14(11)21/h3-9,21H,2H2,1H3,(H3,17,18,19,20,22). The first kappa shape index (κ1) is 13.9. The zero-order valence-corrected chi connectivity index (χ0v) is 12.1. The van der Waals surface area contributed by atoms with Gasteiger partial charge in [-0.05, 0) is 30.7 Å². The number of urea groups is 1. The monoisotopic (exact) mass is 296 g/mol. The fourth-order valence-corrected chi connectivity index (χ4v) is 2.26. The highest BCUT2D eigenvalue weighted by atomic mass is 16.3. The van der Waals surface area contributed by atoms with Crippen molar-refractivity contribution in [2.75, 3.05) is 11.9 Å². The Morgan fingerprint density at radius 1 is 1.27 bits per heavy atom. The van der Waals surface area contributed by atoms with Crippen LogP contribution in [0.1, 0.15) is 6.92 Å². The first-order valence-corrected chi connectivity index (χ1v) is 7.00. The second-order valence-electron chi connectivity index (χ2n) is 4.82. The smallest absolute Gasteiger partial charge is 0.321 e. The zero-order valence-electron chi connectivity index (χ0n) is 12.1. The molecule has 6 heteroatoms. The van der Waals surface area contributed by atoms with E-state index in [2.05, 4.69) is 20.6 Å². The summed E-state index contributed by atoms with van der Waals surface area (Å²) >= 11 is 0. The molecular weight excluding hydrogens is 280 g/mol. The van der Waals surface area contributed by atoms with Crippen LogP contribution in [0.4, 0.5) is 10.7 Å². The van der Waals surface area contributed by atoms with Gasteiger partial charge in [0.15, 0.2) is 0 Å². The minimum absolute atomic E-state index is 0.220. The number of hydrogen-bond donors (Lipinski definition) is 4. The summed E-state index contributed by atoms with van der Waals surface area (Å²) in [5.74, 6) is 0.605. The number of hydrogen-bond acceptors (Lipinski definition) is 3. The highest BCUT2D eigenvalue weighted by Gasteiger charge is 2.09. The predicted octanol–water partition coefficient (Wildman–Crippen LogP) is 3.08. The van der Waals surface area contributed by atoms with E-state index >= 15 is 0 Å². The van der Waals surface area contributed by atoms with Gasteiger partial charge >= 0.3 is 6.03 Å². The quantitative estimate of drug-likeness (QED) is 0.598. The Kier molecular flexibility index (Phi) is 3.65. The normalized spacial score (nSPS) is 10.6. The maximum atomic E-state index is 11.5. The van der Waals surface area contributed by atoms with Crippen molar-refractivity contribution in [1.82, 2.24) is 15.3 Å². The van der Waals surface area contributed by atoms with Crippen molar-refractivity contribution >= 4 is 23.0 Å². The summed E-state index contributed by atoms with van der Waals surface area (Å²) in [6.07, 6.45) is 0. The third-order valence-electron chi connectivity index (χ3n) is 3.27. The number of nitrogens with zero attached hydrogens (tertiary/aromatic N) is 1. The summed E-state index contributed by atoms with van der Waals surface area (Å²) in [5.41, 5.74) is 3.13. The molecule has 2 amide bonds. The lowest BCUT2D eigenvalue weighted by molar-refractivity contribution is 0.252. The molecule has 22 heavy (non-hydrogen) atoms. The van der Waals surface area contributed by atoms with Crippen LogP contribution in [0, 0.1) is 0 Å². The Morgan fingerprint density at radius 2 is 2.09 bits per heavy atom. The zero-order chi connectivity index (χ0) is 15.5. The summed E-state index contributed by atoms with van der Waals surface area (Å²) in [6, 6.07) is 12.5. The molecule has 1 heterocycles. The molecule has 6 nitrogen and oxygen atoms in total. The fourth-order valence-electron chi connectivity index (χ4n) is 2.26. The van der Waals surface area contributed by atoms with Crippen molar-refractivity contribution in [2.45, 2.75) is 6.92 Å². The van der Waals surface area contributed by atoms with Gasteiger partial charge in [0.2, 0.25) is 5.95 Å². The minimum atomic E-state index is -0.303. The van der Waals surface area contributed by atoms with Gasteiger partial charge in [0.05, 0.1) is 11.0 Å². The summed E-state index contributed by atoms with van der Waals surface area (Å²) < 4.78 is 0. The first-order chi connectivity index (χ1) is 10.7. The number of rotatable bonds is 3. The molecule has 3 rings (SSSR count). The maximum Gasteiger partial charge on any atom is 0.321 e. The van der Waals surface area contributed by atoms with Crippen LogP contribution in [0.5, 0.6) is 5.75 Å². The van der Waals surface area contributed by atoms with Crippen molar-refractivity contribution in [3.05, 3.63) is 42.5 Å². The van der Waals surface area contributed by atoms with E-state index in [-0.39, 0.29) is 11.8 Å². The van der Waals surface area contributed by atoms with Crippen LogP contribution >= 0.6 is 0 Å². The number of amides is 2. The molecule has 4 N–H and O–H groups in total. The number of para-hydroxylation sites is 1. The number of carbonyl (C=O) groups is 1. The average Bonchev–Trinajstić information content (AvgIpc) is 2.89. The van der Waals surface area contributed by atoms with Gasteiger partial charge in [-0.2, -0.15) is 0 Å². The Bertz CT molecular complexity index is 826. The van der Waals surface area contributed by atoms with E-state index in [4.69, 9.17) is 0 Å². The van der Waals surface area contributed by atoms with Gasteiger partial charge in [-0.25, -0.2) is 9.78 Å². The van der Waals surface area contributed by atoms with Crippen LogP contribution in [0.15, 0.2) is 42.5 Å². The van der Waals surface area contributed by atoms with Crippen LogP contribution in [0.3, 0.4) is 0 Å². The Morgan fingerprint density at radius 3 is 2.86 bits per heavy atom. The van der Waals surface area contributed by atoms with Gasteiger partial charge in [0, 0.05) is 12.1 Å². The van der Waals surface area contributed by atoms with Crippen molar-refractivity contribution in [2.24, 2.45) is 0 Å². The van der Waals surface area contributed by atoms with Crippen LogP contribution in [-0.2, 0) is 0 Å². The summed E-state index contributed by atoms with van der Waals surface area (Å²) in [6.45, 7) is 2.39. The van der Waals surface area contributed by atoms with Crippen molar-refractivity contribution in [3.63, 3.8) is 0 Å². The van der Waals surface area contributed by atoms with Crippen molar-refractivity contribution in [3.8, 4) is 16.9 Å². The van der Waals surface area contributed by atoms with E-state index in [0.717, 1.165) is 16.6 Å². The van der Waals surface area contributed by atoms with E-state index in [0.29, 0.717) is 18.0 Å². The van der Waals surface area contributed by atoms with E-state index in [1.165, 1.54) is 0 Å². The summed E-state index contributed by atoms with van der Waals surface area (Å²) in [5, 5.41) is 15.2. The maximum absolute atomic E-state index is 11.5. The Balaban J connectivity index is 1.94. The number of nitrogens with one attached hydrogen (secondary N) is 3. The Labute approximate surface area is 127 Å². The second-order valence-corrected chi connectivity index (χ2v) is 4.82. The molecule has 112 valence electrons. The van der Waals surface area contributed by atoms with Crippen LogP contribution in [-0.4, -0.2) is 27.7 Å². The topological polar surface area (TPSA) is 90.0 Å². The number of imidazole rings is 1. The first-order valence-electron chi connectivity index (χ1n) is 7.00. The average molecular weight is 296 g/mol.